The van der Waals surface area contributed by atoms with Gasteiger partial charge in [-0.2, -0.15) is 0 Å². The fourth-order valence-electron chi connectivity index (χ4n) is 2.30. The summed E-state index contributed by atoms with van der Waals surface area (Å²) in [7, 11) is -3.90. The van der Waals surface area contributed by atoms with Crippen LogP contribution in [0.15, 0.2) is 35.2 Å². The molecule has 0 saturated heterocycles. The van der Waals surface area contributed by atoms with Crippen molar-refractivity contribution in [1.29, 1.82) is 0 Å². The number of hydrogen-bond acceptors (Lipinski definition) is 4. The molecule has 2 N–H and O–H groups in total. The van der Waals surface area contributed by atoms with Crippen LogP contribution in [0.1, 0.15) is 11.1 Å². The molecule has 1 aliphatic heterocycles. The van der Waals surface area contributed by atoms with E-state index in [1.165, 1.54) is 12.1 Å². The zero-order valence-corrected chi connectivity index (χ0v) is 14.6. The van der Waals surface area contributed by atoms with Crippen molar-refractivity contribution in [3.05, 3.63) is 46.5 Å². The molecule has 0 saturated carbocycles. The van der Waals surface area contributed by atoms with E-state index in [2.05, 4.69) is 10.0 Å². The summed E-state index contributed by atoms with van der Waals surface area (Å²) in [6, 6.07) is 7.93. The van der Waals surface area contributed by atoms with E-state index in [1.54, 1.807) is 12.1 Å². The summed E-state index contributed by atoms with van der Waals surface area (Å²) in [5.74, 6) is -0.0538. The van der Waals surface area contributed by atoms with Crippen molar-refractivity contribution < 1.29 is 17.9 Å². The second-order valence-corrected chi connectivity index (χ2v) is 7.58. The van der Waals surface area contributed by atoms with Crippen molar-refractivity contribution in [1.82, 2.24) is 0 Å². The number of carbonyl (C=O) groups is 1. The Morgan fingerprint density at radius 2 is 1.92 bits per heavy atom. The van der Waals surface area contributed by atoms with Gasteiger partial charge in [0.15, 0.2) is 6.61 Å². The SMILES string of the molecule is Cc1ccc(NS(=O)(=O)c2cc3c(cc2Cl)NC(=O)CO3)cc1C. The summed E-state index contributed by atoms with van der Waals surface area (Å²) in [5.41, 5.74) is 2.83. The van der Waals surface area contributed by atoms with Crippen LogP contribution >= 0.6 is 11.6 Å². The number of rotatable bonds is 3. The van der Waals surface area contributed by atoms with Gasteiger partial charge in [0, 0.05) is 11.8 Å². The second kappa shape index (κ2) is 5.99. The van der Waals surface area contributed by atoms with Gasteiger partial charge in [-0.1, -0.05) is 17.7 Å². The molecular formula is C16H15ClN2O4S. The maximum Gasteiger partial charge on any atom is 0.263 e. The first kappa shape index (κ1) is 16.6. The number of carbonyl (C=O) groups excluding carboxylic acids is 1. The normalized spacial score (nSPS) is 13.7. The standard InChI is InChI=1S/C16H15ClN2O4S/c1-9-3-4-11(5-10(9)2)19-24(21,22)15-7-14-13(6-12(15)17)18-16(20)8-23-14/h3-7,19H,8H2,1-2H3,(H,18,20). The quantitative estimate of drug-likeness (QED) is 0.874. The molecule has 0 fully saturated rings. The third kappa shape index (κ3) is 3.18. The molecule has 1 aliphatic rings. The highest BCUT2D eigenvalue weighted by atomic mass is 35.5. The van der Waals surface area contributed by atoms with Crippen LogP contribution in [-0.2, 0) is 14.8 Å². The van der Waals surface area contributed by atoms with Gasteiger partial charge >= 0.3 is 0 Å². The summed E-state index contributed by atoms with van der Waals surface area (Å²) < 4.78 is 33.0. The first-order valence-electron chi connectivity index (χ1n) is 7.12. The van der Waals surface area contributed by atoms with Crippen LogP contribution in [0.25, 0.3) is 0 Å². The van der Waals surface area contributed by atoms with Crippen molar-refractivity contribution in [2.75, 3.05) is 16.6 Å². The predicted molar refractivity (Wildman–Crippen MR) is 92.3 cm³/mol. The number of ether oxygens (including phenoxy) is 1. The third-order valence-electron chi connectivity index (χ3n) is 3.72. The van der Waals surface area contributed by atoms with E-state index in [0.717, 1.165) is 11.1 Å². The Morgan fingerprint density at radius 1 is 1.17 bits per heavy atom. The van der Waals surface area contributed by atoms with Crippen LogP contribution in [0.3, 0.4) is 0 Å². The predicted octanol–water partition coefficient (Wildman–Crippen LogP) is 3.09. The summed E-state index contributed by atoms with van der Waals surface area (Å²) in [5, 5.41) is 2.58. The molecule has 1 heterocycles. The molecule has 0 radical (unpaired) electrons. The summed E-state index contributed by atoms with van der Waals surface area (Å²) in [6.45, 7) is 3.67. The zero-order valence-electron chi connectivity index (χ0n) is 13.0. The Bertz CT molecular complexity index is 941. The average Bonchev–Trinajstić information content (AvgIpc) is 2.49. The summed E-state index contributed by atoms with van der Waals surface area (Å²) >= 11 is 6.09. The molecule has 0 unspecified atom stereocenters. The topological polar surface area (TPSA) is 84.5 Å². The lowest BCUT2D eigenvalue weighted by Crippen LogP contribution is -2.25. The molecule has 0 atom stereocenters. The highest BCUT2D eigenvalue weighted by Crippen LogP contribution is 2.36. The molecule has 24 heavy (non-hydrogen) atoms. The first-order valence-corrected chi connectivity index (χ1v) is 8.98. The van der Waals surface area contributed by atoms with Crippen LogP contribution in [0, 0.1) is 13.8 Å². The minimum Gasteiger partial charge on any atom is -0.482 e. The van der Waals surface area contributed by atoms with Crippen LogP contribution < -0.4 is 14.8 Å². The van der Waals surface area contributed by atoms with Crippen LogP contribution in [0.5, 0.6) is 5.75 Å². The fourth-order valence-corrected chi connectivity index (χ4v) is 3.90. The number of nitrogens with one attached hydrogen (secondary N) is 2. The second-order valence-electron chi connectivity index (χ2n) is 5.52. The van der Waals surface area contributed by atoms with Crippen LogP contribution in [0.4, 0.5) is 11.4 Å². The molecular weight excluding hydrogens is 352 g/mol. The smallest absolute Gasteiger partial charge is 0.263 e. The number of aryl methyl sites for hydroxylation is 2. The van der Waals surface area contributed by atoms with E-state index in [4.69, 9.17) is 16.3 Å². The van der Waals surface area contributed by atoms with Crippen molar-refractivity contribution in [2.45, 2.75) is 18.7 Å². The maximum absolute atomic E-state index is 12.6. The van der Waals surface area contributed by atoms with Gasteiger partial charge in [-0.25, -0.2) is 8.42 Å². The van der Waals surface area contributed by atoms with Gasteiger partial charge < -0.3 is 10.1 Å². The van der Waals surface area contributed by atoms with Gasteiger partial charge in [-0.05, 0) is 43.2 Å². The monoisotopic (exact) mass is 366 g/mol. The Hall–Kier alpha value is -2.25. The number of benzene rings is 2. The molecule has 8 heteroatoms. The van der Waals surface area contributed by atoms with Crippen LogP contribution in [0.2, 0.25) is 5.02 Å². The molecule has 6 nitrogen and oxygen atoms in total. The number of sulfonamides is 1. The Kier molecular flexibility index (Phi) is 4.15. The van der Waals surface area contributed by atoms with Crippen molar-refractivity contribution in [3.63, 3.8) is 0 Å². The molecule has 2 aromatic rings. The number of fused-ring (bicyclic) bond motifs is 1. The molecule has 0 aromatic heterocycles. The molecule has 2 aromatic carbocycles. The van der Waals surface area contributed by atoms with E-state index in [0.29, 0.717) is 11.4 Å². The average molecular weight is 367 g/mol. The minimum absolute atomic E-state index is 0.00381. The van der Waals surface area contributed by atoms with Gasteiger partial charge in [0.1, 0.15) is 10.6 Å². The zero-order chi connectivity index (χ0) is 17.5. The highest BCUT2D eigenvalue weighted by Gasteiger charge is 2.24. The van der Waals surface area contributed by atoms with E-state index in [1.807, 2.05) is 19.9 Å². The minimum atomic E-state index is -3.90. The largest absolute Gasteiger partial charge is 0.482 e. The van der Waals surface area contributed by atoms with Gasteiger partial charge in [0.05, 0.1) is 10.7 Å². The Labute approximate surface area is 144 Å². The Balaban J connectivity index is 1.97. The van der Waals surface area contributed by atoms with Gasteiger partial charge in [0.2, 0.25) is 0 Å². The molecule has 0 aliphatic carbocycles. The van der Waals surface area contributed by atoms with Gasteiger partial charge in [-0.3, -0.25) is 9.52 Å². The lowest BCUT2D eigenvalue weighted by atomic mass is 10.1. The summed E-state index contributed by atoms with van der Waals surface area (Å²) in [4.78, 5) is 11.2. The molecule has 3 rings (SSSR count). The number of halogens is 1. The number of amides is 1. The van der Waals surface area contributed by atoms with Gasteiger partial charge in [-0.15, -0.1) is 0 Å². The number of hydrogen-bond donors (Lipinski definition) is 2. The van der Waals surface area contributed by atoms with Gasteiger partial charge in [0.25, 0.3) is 15.9 Å². The lowest BCUT2D eigenvalue weighted by Gasteiger charge is -2.19. The summed E-state index contributed by atoms with van der Waals surface area (Å²) in [6.07, 6.45) is 0. The molecule has 126 valence electrons. The maximum atomic E-state index is 12.6. The van der Waals surface area contributed by atoms with E-state index in [-0.39, 0.29) is 28.2 Å². The van der Waals surface area contributed by atoms with Crippen molar-refractivity contribution in [3.8, 4) is 5.75 Å². The molecule has 1 amide bonds. The van der Waals surface area contributed by atoms with E-state index >= 15 is 0 Å². The Morgan fingerprint density at radius 3 is 2.62 bits per heavy atom. The van der Waals surface area contributed by atoms with E-state index < -0.39 is 10.0 Å². The fraction of sp³-hybridized carbons (Fsp3) is 0.188. The third-order valence-corrected chi connectivity index (χ3v) is 5.56. The molecule has 0 bridgehead atoms. The lowest BCUT2D eigenvalue weighted by molar-refractivity contribution is -0.118. The number of anilines is 2. The van der Waals surface area contributed by atoms with Crippen molar-refractivity contribution >= 4 is 38.9 Å². The highest BCUT2D eigenvalue weighted by molar-refractivity contribution is 7.92. The van der Waals surface area contributed by atoms with E-state index in [9.17, 15) is 13.2 Å². The molecule has 0 spiro atoms. The van der Waals surface area contributed by atoms with Crippen LogP contribution in [-0.4, -0.2) is 20.9 Å². The first-order chi connectivity index (χ1) is 11.3. The van der Waals surface area contributed by atoms with Crippen molar-refractivity contribution in [2.24, 2.45) is 0 Å².